The molecule has 0 spiro atoms. The van der Waals surface area contributed by atoms with Gasteiger partial charge in [0.05, 0.1) is 5.69 Å². The Hall–Kier alpha value is -2.34. The minimum Gasteiger partial charge on any atom is -0.452 e. The highest BCUT2D eigenvalue weighted by molar-refractivity contribution is 6.34. The van der Waals surface area contributed by atoms with E-state index in [-0.39, 0.29) is 33.5 Å². The number of nitrogens with two attached hydrogens (primary N) is 2. The topological polar surface area (TPSA) is 78.3 Å². The zero-order chi connectivity index (χ0) is 18.6. The van der Waals surface area contributed by atoms with Crippen LogP contribution >= 0.6 is 11.6 Å². The molecule has 0 radical (unpaired) electrons. The van der Waals surface area contributed by atoms with E-state index in [4.69, 9.17) is 27.8 Å². The van der Waals surface area contributed by atoms with Crippen molar-refractivity contribution in [2.75, 3.05) is 11.5 Å². The van der Waals surface area contributed by atoms with Crippen molar-refractivity contribution in [3.8, 4) is 11.5 Å². The van der Waals surface area contributed by atoms with Crippen LogP contribution in [-0.4, -0.2) is 5.78 Å². The number of carbonyl (C=O) groups is 1. The summed E-state index contributed by atoms with van der Waals surface area (Å²) >= 11 is 5.86. The fraction of sp³-hybridized carbons (Fsp3) is 0.235. The first-order valence-corrected chi connectivity index (χ1v) is 7.62. The smallest absolute Gasteiger partial charge is 0.202 e. The van der Waals surface area contributed by atoms with Crippen LogP contribution < -0.4 is 16.2 Å². The number of nitrogen functional groups attached to an aromatic ring is 2. The third-order valence-corrected chi connectivity index (χ3v) is 3.55. The lowest BCUT2D eigenvalue weighted by atomic mass is 10.0. The van der Waals surface area contributed by atoms with Crippen molar-refractivity contribution in [1.82, 2.24) is 0 Å². The van der Waals surface area contributed by atoms with Gasteiger partial charge in [-0.05, 0) is 26.0 Å². The maximum atomic E-state index is 13.9. The second-order valence-electron chi connectivity index (χ2n) is 4.72. The van der Waals surface area contributed by atoms with E-state index in [2.05, 4.69) is 0 Å². The molecule has 0 saturated heterocycles. The van der Waals surface area contributed by atoms with Gasteiger partial charge in [0.15, 0.2) is 17.3 Å². The Bertz CT molecular complexity index is 754. The van der Waals surface area contributed by atoms with Crippen molar-refractivity contribution in [3.05, 3.63) is 46.0 Å². The summed E-state index contributed by atoms with van der Waals surface area (Å²) in [5.74, 6) is -3.13. The zero-order valence-electron chi connectivity index (χ0n) is 13.8. The van der Waals surface area contributed by atoms with E-state index in [1.54, 1.807) is 6.92 Å². The molecule has 0 aliphatic rings. The summed E-state index contributed by atoms with van der Waals surface area (Å²) in [6.45, 7) is 6.92. The summed E-state index contributed by atoms with van der Waals surface area (Å²) in [6.07, 6.45) is 0. The highest BCUT2D eigenvalue weighted by Crippen LogP contribution is 2.39. The van der Waals surface area contributed by atoms with Gasteiger partial charge in [0.25, 0.3) is 0 Å². The van der Waals surface area contributed by atoms with Crippen LogP contribution in [0.1, 0.15) is 36.7 Å². The highest BCUT2D eigenvalue weighted by atomic mass is 35.5. The quantitative estimate of drug-likeness (QED) is 0.455. The summed E-state index contributed by atoms with van der Waals surface area (Å²) in [7, 11) is 0. The fourth-order valence-corrected chi connectivity index (χ4v) is 2.27. The van der Waals surface area contributed by atoms with Crippen LogP contribution in [0.2, 0.25) is 5.02 Å². The van der Waals surface area contributed by atoms with Crippen molar-refractivity contribution in [3.63, 3.8) is 0 Å². The highest BCUT2D eigenvalue weighted by Gasteiger charge is 2.20. The predicted molar refractivity (Wildman–Crippen MR) is 92.8 cm³/mol. The number of ketones is 1. The molecule has 0 aliphatic carbocycles. The third-order valence-electron chi connectivity index (χ3n) is 3.16. The van der Waals surface area contributed by atoms with E-state index >= 15 is 0 Å². The van der Waals surface area contributed by atoms with Crippen molar-refractivity contribution < 1.29 is 18.3 Å². The fourth-order valence-electron chi connectivity index (χ4n) is 2.09. The average Bonchev–Trinajstić information content (AvgIpc) is 2.53. The molecule has 2 rings (SSSR count). The van der Waals surface area contributed by atoms with Gasteiger partial charge in [-0.15, -0.1) is 0 Å². The van der Waals surface area contributed by atoms with Crippen molar-refractivity contribution >= 4 is 28.8 Å². The van der Waals surface area contributed by atoms with Crippen LogP contribution in [-0.2, 0) is 0 Å². The summed E-state index contributed by atoms with van der Waals surface area (Å²) in [5, 5.41) is -0.250. The first-order valence-electron chi connectivity index (χ1n) is 7.24. The van der Waals surface area contributed by atoms with Crippen molar-refractivity contribution in [2.45, 2.75) is 27.7 Å². The monoisotopic (exact) mass is 356 g/mol. The molecule has 4 nitrogen and oxygen atoms in total. The number of Topliss-reactive ketones (excluding diaryl/α,β-unsaturated/α-hetero) is 1. The van der Waals surface area contributed by atoms with Gasteiger partial charge in [0, 0.05) is 22.9 Å². The predicted octanol–water partition coefficient (Wildman–Crippen LogP) is 5.11. The number of hydrogen-bond acceptors (Lipinski definition) is 4. The lowest BCUT2D eigenvalue weighted by molar-refractivity contribution is 0.101. The van der Waals surface area contributed by atoms with Crippen LogP contribution in [0.15, 0.2) is 18.2 Å². The molecule has 4 N–H and O–H groups in total. The number of benzene rings is 2. The number of anilines is 2. The Labute approximate surface area is 144 Å². The number of halogens is 3. The minimum absolute atomic E-state index is 0.130. The van der Waals surface area contributed by atoms with Gasteiger partial charge in [0.1, 0.15) is 10.8 Å². The number of ether oxygens (including phenoxy) is 1. The largest absolute Gasteiger partial charge is 0.452 e. The van der Waals surface area contributed by atoms with E-state index in [9.17, 15) is 13.6 Å². The molecular formula is C17H19ClF2N2O2. The number of hydrogen-bond donors (Lipinski definition) is 2. The summed E-state index contributed by atoms with van der Waals surface area (Å²) in [5.41, 5.74) is 12.0. The van der Waals surface area contributed by atoms with E-state index in [0.717, 1.165) is 6.07 Å². The molecule has 2 aromatic carbocycles. The minimum atomic E-state index is -1.26. The molecule has 0 aliphatic heterocycles. The molecule has 130 valence electrons. The molecule has 2 aromatic rings. The Morgan fingerprint density at radius 2 is 1.75 bits per heavy atom. The zero-order valence-corrected chi connectivity index (χ0v) is 14.6. The molecular weight excluding hydrogens is 338 g/mol. The van der Waals surface area contributed by atoms with E-state index < -0.39 is 17.4 Å². The van der Waals surface area contributed by atoms with Crippen molar-refractivity contribution in [2.24, 2.45) is 0 Å². The van der Waals surface area contributed by atoms with Gasteiger partial charge in [-0.3, -0.25) is 4.79 Å². The van der Waals surface area contributed by atoms with E-state index in [0.29, 0.717) is 5.56 Å². The Morgan fingerprint density at radius 3 is 2.29 bits per heavy atom. The van der Waals surface area contributed by atoms with Gasteiger partial charge in [0.2, 0.25) is 5.82 Å². The molecule has 0 unspecified atom stereocenters. The third kappa shape index (κ3) is 3.76. The second-order valence-corrected chi connectivity index (χ2v) is 5.09. The van der Waals surface area contributed by atoms with Gasteiger partial charge >= 0.3 is 0 Å². The average molecular weight is 357 g/mol. The van der Waals surface area contributed by atoms with Gasteiger partial charge in [-0.1, -0.05) is 25.4 Å². The molecule has 0 fully saturated rings. The standard InChI is InChI=1S/C15H13ClF2N2O2.C2H6/c1-6-11(4-3-9(19)12(6)7(2)21)22-15-13(16)10(20)5-8(17)14(15)18;1-2/h3-5H,19-20H2,1-2H3;1-2H3. The Balaban J connectivity index is 0.00000139. The van der Waals surface area contributed by atoms with Gasteiger partial charge < -0.3 is 16.2 Å². The Kier molecular flexibility index (Phi) is 6.54. The van der Waals surface area contributed by atoms with Crippen LogP contribution in [0.25, 0.3) is 0 Å². The number of carbonyl (C=O) groups excluding carboxylic acids is 1. The van der Waals surface area contributed by atoms with Crippen LogP contribution in [0.3, 0.4) is 0 Å². The van der Waals surface area contributed by atoms with Gasteiger partial charge in [-0.2, -0.15) is 4.39 Å². The second kappa shape index (κ2) is 7.97. The van der Waals surface area contributed by atoms with E-state index in [1.807, 2.05) is 13.8 Å². The molecule has 0 atom stereocenters. The van der Waals surface area contributed by atoms with Crippen LogP contribution in [0, 0.1) is 18.6 Å². The molecule has 7 heteroatoms. The first-order chi connectivity index (χ1) is 11.2. The summed E-state index contributed by atoms with van der Waals surface area (Å²) in [6, 6.07) is 3.64. The number of rotatable bonds is 3. The molecule has 24 heavy (non-hydrogen) atoms. The van der Waals surface area contributed by atoms with Crippen LogP contribution in [0.4, 0.5) is 20.2 Å². The maximum Gasteiger partial charge on any atom is 0.202 e. The SMILES string of the molecule is CC.CC(=O)c1c(N)ccc(Oc2c(F)c(F)cc(N)c2Cl)c1C. The molecule has 0 heterocycles. The van der Waals surface area contributed by atoms with Gasteiger partial charge in [-0.25, -0.2) is 4.39 Å². The molecule has 0 bridgehead atoms. The normalized spacial score (nSPS) is 9.96. The molecule has 0 aromatic heterocycles. The molecule has 0 amide bonds. The summed E-state index contributed by atoms with van der Waals surface area (Å²) < 4.78 is 32.6. The molecule has 0 saturated carbocycles. The van der Waals surface area contributed by atoms with Crippen molar-refractivity contribution in [1.29, 1.82) is 0 Å². The summed E-state index contributed by atoms with van der Waals surface area (Å²) in [4.78, 5) is 11.6. The lowest BCUT2D eigenvalue weighted by Gasteiger charge is -2.15. The lowest BCUT2D eigenvalue weighted by Crippen LogP contribution is -2.05. The first kappa shape index (κ1) is 19.7. The van der Waals surface area contributed by atoms with E-state index in [1.165, 1.54) is 19.1 Å². The maximum absolute atomic E-state index is 13.9. The van der Waals surface area contributed by atoms with Crippen LogP contribution in [0.5, 0.6) is 11.5 Å². The Morgan fingerprint density at radius 1 is 1.17 bits per heavy atom.